The second-order valence-corrected chi connectivity index (χ2v) is 6.92. The van der Waals surface area contributed by atoms with Crippen LogP contribution in [0.1, 0.15) is 12.0 Å². The van der Waals surface area contributed by atoms with Gasteiger partial charge in [0.2, 0.25) is 0 Å². The lowest BCUT2D eigenvalue weighted by atomic mass is 10.1. The third-order valence-corrected chi connectivity index (χ3v) is 4.89. The number of carboxylic acid groups (broad SMARTS) is 1. The fraction of sp³-hybridized carbons (Fsp3) is 0.500. The van der Waals surface area contributed by atoms with E-state index < -0.39 is 21.8 Å². The van der Waals surface area contributed by atoms with Crippen molar-refractivity contribution < 1.29 is 18.3 Å². The van der Waals surface area contributed by atoms with Crippen LogP contribution in [-0.2, 0) is 21.2 Å². The molecule has 0 aliphatic carbocycles. The Hall–Kier alpha value is -1.47. The first kappa shape index (κ1) is 14.0. The fourth-order valence-electron chi connectivity index (χ4n) is 2.24. The van der Waals surface area contributed by atoms with Crippen molar-refractivity contribution in [1.29, 1.82) is 0 Å². The number of sulfone groups is 1. The maximum absolute atomic E-state index is 11.6. The van der Waals surface area contributed by atoms with Crippen LogP contribution in [-0.4, -0.2) is 53.5 Å². The molecule has 0 bridgehead atoms. The van der Waals surface area contributed by atoms with Crippen LogP contribution in [0.5, 0.6) is 0 Å². The SMILES string of the molecule is O=C(O)CC1CS(=O)(=O)CCN1Cc1ccncc1. The van der Waals surface area contributed by atoms with Crippen LogP contribution in [0.25, 0.3) is 0 Å². The van der Waals surface area contributed by atoms with Gasteiger partial charge in [0.05, 0.1) is 17.9 Å². The first-order chi connectivity index (χ1) is 8.96. The van der Waals surface area contributed by atoms with Crippen LogP contribution >= 0.6 is 0 Å². The Labute approximate surface area is 112 Å². The second kappa shape index (κ2) is 5.66. The zero-order chi connectivity index (χ0) is 13.9. The molecule has 1 fully saturated rings. The van der Waals surface area contributed by atoms with E-state index in [2.05, 4.69) is 4.98 Å². The average molecular weight is 284 g/mol. The van der Waals surface area contributed by atoms with Crippen molar-refractivity contribution in [3.05, 3.63) is 30.1 Å². The molecular weight excluding hydrogens is 268 g/mol. The minimum absolute atomic E-state index is 0.0790. The zero-order valence-electron chi connectivity index (χ0n) is 10.4. The van der Waals surface area contributed by atoms with Crippen molar-refractivity contribution in [2.75, 3.05) is 18.1 Å². The van der Waals surface area contributed by atoms with Gasteiger partial charge in [-0.05, 0) is 17.7 Å². The molecule has 1 aromatic rings. The Kier molecular flexibility index (Phi) is 4.16. The van der Waals surface area contributed by atoms with Gasteiger partial charge in [0.1, 0.15) is 0 Å². The Morgan fingerprint density at radius 2 is 2.11 bits per heavy atom. The van der Waals surface area contributed by atoms with Gasteiger partial charge in [-0.25, -0.2) is 8.42 Å². The number of aliphatic carboxylic acids is 1. The molecule has 1 N–H and O–H groups in total. The molecule has 2 rings (SSSR count). The van der Waals surface area contributed by atoms with Crippen LogP contribution in [0, 0.1) is 0 Å². The van der Waals surface area contributed by atoms with Crippen molar-refractivity contribution in [2.24, 2.45) is 0 Å². The normalized spacial score (nSPS) is 23.1. The van der Waals surface area contributed by atoms with E-state index in [4.69, 9.17) is 5.11 Å². The molecule has 2 heterocycles. The smallest absolute Gasteiger partial charge is 0.304 e. The third-order valence-electron chi connectivity index (χ3n) is 3.20. The highest BCUT2D eigenvalue weighted by molar-refractivity contribution is 7.91. The molecule has 1 aliphatic rings. The summed E-state index contributed by atoms with van der Waals surface area (Å²) in [6.45, 7) is 0.929. The number of aromatic nitrogens is 1. The summed E-state index contributed by atoms with van der Waals surface area (Å²) in [5.74, 6) is -0.958. The summed E-state index contributed by atoms with van der Waals surface area (Å²) in [4.78, 5) is 16.7. The first-order valence-corrected chi connectivity index (χ1v) is 7.83. The topological polar surface area (TPSA) is 87.6 Å². The molecule has 7 heteroatoms. The summed E-state index contributed by atoms with van der Waals surface area (Å²) >= 11 is 0. The number of rotatable bonds is 4. The minimum atomic E-state index is -3.12. The van der Waals surface area contributed by atoms with E-state index >= 15 is 0 Å². The van der Waals surface area contributed by atoms with Crippen molar-refractivity contribution in [3.8, 4) is 0 Å². The predicted octanol–water partition coefficient (Wildman–Crippen LogP) is 0.155. The molecule has 1 unspecified atom stereocenters. The van der Waals surface area contributed by atoms with Gasteiger partial charge < -0.3 is 5.11 Å². The summed E-state index contributed by atoms with van der Waals surface area (Å²) in [6.07, 6.45) is 3.19. The first-order valence-electron chi connectivity index (χ1n) is 6.01. The highest BCUT2D eigenvalue weighted by Crippen LogP contribution is 2.17. The van der Waals surface area contributed by atoms with Gasteiger partial charge in [-0.2, -0.15) is 0 Å². The Bertz CT molecular complexity index is 544. The quantitative estimate of drug-likeness (QED) is 0.847. The lowest BCUT2D eigenvalue weighted by Gasteiger charge is -2.34. The van der Waals surface area contributed by atoms with Crippen LogP contribution in [0.2, 0.25) is 0 Å². The van der Waals surface area contributed by atoms with Crippen molar-refractivity contribution in [2.45, 2.75) is 19.0 Å². The number of carboxylic acids is 1. The summed E-state index contributed by atoms with van der Waals surface area (Å²) in [7, 11) is -3.12. The monoisotopic (exact) mass is 284 g/mol. The minimum Gasteiger partial charge on any atom is -0.481 e. The van der Waals surface area contributed by atoms with Crippen LogP contribution in [0.4, 0.5) is 0 Å². The van der Waals surface area contributed by atoms with E-state index in [1.165, 1.54) is 0 Å². The molecule has 0 amide bonds. The molecule has 1 aliphatic heterocycles. The van der Waals surface area contributed by atoms with Gasteiger partial charge >= 0.3 is 5.97 Å². The van der Waals surface area contributed by atoms with E-state index in [-0.39, 0.29) is 17.9 Å². The maximum Gasteiger partial charge on any atom is 0.304 e. The highest BCUT2D eigenvalue weighted by Gasteiger charge is 2.32. The Balaban J connectivity index is 2.11. The standard InChI is InChI=1S/C12H16N2O4S/c15-12(16)7-11-9-19(17,18)6-5-14(11)8-10-1-3-13-4-2-10/h1-4,11H,5-9H2,(H,15,16). The molecule has 19 heavy (non-hydrogen) atoms. The van der Waals surface area contributed by atoms with E-state index in [1.807, 2.05) is 17.0 Å². The van der Waals surface area contributed by atoms with E-state index in [9.17, 15) is 13.2 Å². The maximum atomic E-state index is 11.6. The molecule has 1 aromatic heterocycles. The molecule has 0 spiro atoms. The molecule has 1 atom stereocenters. The molecule has 104 valence electrons. The van der Waals surface area contributed by atoms with Crippen LogP contribution < -0.4 is 0 Å². The summed E-state index contributed by atoms with van der Waals surface area (Å²) in [5.41, 5.74) is 1.00. The van der Waals surface area contributed by atoms with Crippen LogP contribution in [0.3, 0.4) is 0 Å². The summed E-state index contributed by atoms with van der Waals surface area (Å²) in [6, 6.07) is 3.24. The molecular formula is C12H16N2O4S. The van der Waals surface area contributed by atoms with Crippen molar-refractivity contribution >= 4 is 15.8 Å². The zero-order valence-corrected chi connectivity index (χ0v) is 11.2. The van der Waals surface area contributed by atoms with Gasteiger partial charge in [0, 0.05) is 31.5 Å². The van der Waals surface area contributed by atoms with Crippen molar-refractivity contribution in [3.63, 3.8) is 0 Å². The highest BCUT2D eigenvalue weighted by atomic mass is 32.2. The molecule has 6 nitrogen and oxygen atoms in total. The second-order valence-electron chi connectivity index (χ2n) is 4.69. The number of hydrogen-bond donors (Lipinski definition) is 1. The third kappa shape index (κ3) is 4.00. The molecule has 0 saturated carbocycles. The predicted molar refractivity (Wildman–Crippen MR) is 69.3 cm³/mol. The molecule has 1 saturated heterocycles. The lowest BCUT2D eigenvalue weighted by Crippen LogP contribution is -2.48. The van der Waals surface area contributed by atoms with Gasteiger partial charge in [-0.1, -0.05) is 0 Å². The van der Waals surface area contributed by atoms with E-state index in [0.717, 1.165) is 5.56 Å². The fourth-order valence-corrected chi connectivity index (χ4v) is 3.84. The van der Waals surface area contributed by atoms with Gasteiger partial charge in [-0.3, -0.25) is 14.7 Å². The molecule has 0 radical (unpaired) electrons. The van der Waals surface area contributed by atoms with E-state index in [1.54, 1.807) is 12.4 Å². The lowest BCUT2D eigenvalue weighted by molar-refractivity contribution is -0.138. The average Bonchev–Trinajstić information content (AvgIpc) is 2.33. The number of pyridine rings is 1. The number of carbonyl (C=O) groups is 1. The van der Waals surface area contributed by atoms with Crippen LogP contribution in [0.15, 0.2) is 24.5 Å². The Morgan fingerprint density at radius 3 is 2.74 bits per heavy atom. The van der Waals surface area contributed by atoms with Gasteiger partial charge in [0.25, 0.3) is 0 Å². The Morgan fingerprint density at radius 1 is 1.42 bits per heavy atom. The van der Waals surface area contributed by atoms with Gasteiger partial charge in [0.15, 0.2) is 9.84 Å². The van der Waals surface area contributed by atoms with Gasteiger partial charge in [-0.15, -0.1) is 0 Å². The summed E-state index contributed by atoms with van der Waals surface area (Å²) < 4.78 is 23.2. The van der Waals surface area contributed by atoms with Crippen molar-refractivity contribution in [1.82, 2.24) is 9.88 Å². The largest absolute Gasteiger partial charge is 0.481 e. The summed E-state index contributed by atoms with van der Waals surface area (Å²) in [5, 5.41) is 8.89. The number of hydrogen-bond acceptors (Lipinski definition) is 5. The van der Waals surface area contributed by atoms with E-state index in [0.29, 0.717) is 13.1 Å². The molecule has 0 aromatic carbocycles. The number of nitrogens with zero attached hydrogens (tertiary/aromatic N) is 2.